The molecule has 1 atom stereocenters. The molecular formula is C15H12FIOS. The Bertz CT molecular complexity index is 591. The second kappa shape index (κ2) is 6.96. The van der Waals surface area contributed by atoms with Gasteiger partial charge in [0.25, 0.3) is 0 Å². The number of hydrogen-bond acceptors (Lipinski definition) is 1. The number of hydrogen-bond donors (Lipinski definition) is 0. The Morgan fingerprint density at radius 1 is 1.05 bits per heavy atom. The Balaban J connectivity index is 1.97. The van der Waals surface area contributed by atoms with E-state index in [2.05, 4.69) is 22.6 Å². The highest BCUT2D eigenvalue weighted by Gasteiger charge is 1.98. The van der Waals surface area contributed by atoms with Crippen molar-refractivity contribution >= 4 is 39.5 Å². The molecule has 2 rings (SSSR count). The van der Waals surface area contributed by atoms with E-state index in [0.29, 0.717) is 5.75 Å². The van der Waals surface area contributed by atoms with Crippen LogP contribution in [0.15, 0.2) is 53.9 Å². The van der Waals surface area contributed by atoms with Crippen molar-refractivity contribution < 1.29 is 8.60 Å². The third-order valence-corrected chi connectivity index (χ3v) is 4.28. The van der Waals surface area contributed by atoms with Gasteiger partial charge in [0, 0.05) is 8.98 Å². The van der Waals surface area contributed by atoms with Crippen molar-refractivity contribution in [3.05, 3.63) is 74.5 Å². The lowest BCUT2D eigenvalue weighted by Gasteiger charge is -1.99. The SMILES string of the molecule is O=S(C=Cc1ccc(F)cc1)Cc1ccc(I)cc1. The summed E-state index contributed by atoms with van der Waals surface area (Å²) in [7, 11) is -1.06. The molecule has 0 aliphatic heterocycles. The minimum Gasteiger partial charge on any atom is -0.255 e. The van der Waals surface area contributed by atoms with Crippen molar-refractivity contribution in [2.45, 2.75) is 5.75 Å². The van der Waals surface area contributed by atoms with Crippen molar-refractivity contribution in [1.82, 2.24) is 0 Å². The Morgan fingerprint density at radius 2 is 1.68 bits per heavy atom. The summed E-state index contributed by atoms with van der Waals surface area (Å²) in [6.07, 6.45) is 1.75. The van der Waals surface area contributed by atoms with Gasteiger partial charge in [-0.1, -0.05) is 24.3 Å². The maximum absolute atomic E-state index is 12.7. The van der Waals surface area contributed by atoms with Crippen molar-refractivity contribution in [3.63, 3.8) is 0 Å². The third kappa shape index (κ3) is 4.87. The summed E-state index contributed by atoms with van der Waals surface area (Å²) in [4.78, 5) is 0. The quantitative estimate of drug-likeness (QED) is 0.715. The Hall–Kier alpha value is -1.01. The molecule has 0 heterocycles. The summed E-state index contributed by atoms with van der Waals surface area (Å²) in [5.41, 5.74) is 1.89. The Kier molecular flexibility index (Phi) is 5.27. The molecule has 0 N–H and O–H groups in total. The zero-order valence-electron chi connectivity index (χ0n) is 10.1. The topological polar surface area (TPSA) is 17.1 Å². The molecule has 0 saturated heterocycles. The van der Waals surface area contributed by atoms with Gasteiger partial charge in [-0.2, -0.15) is 0 Å². The van der Waals surface area contributed by atoms with Gasteiger partial charge in [-0.25, -0.2) is 4.39 Å². The van der Waals surface area contributed by atoms with E-state index < -0.39 is 10.8 Å². The maximum atomic E-state index is 12.7. The molecule has 98 valence electrons. The smallest absolute Gasteiger partial charge is 0.123 e. The standard InChI is InChI=1S/C15H12FIOS/c16-14-5-1-12(2-6-14)9-10-19(18)11-13-3-7-15(17)8-4-13/h1-10H,11H2. The Labute approximate surface area is 128 Å². The monoisotopic (exact) mass is 386 g/mol. The van der Waals surface area contributed by atoms with Crippen LogP contribution in [-0.2, 0) is 16.6 Å². The molecular weight excluding hydrogens is 374 g/mol. The second-order valence-corrected chi connectivity index (χ2v) is 6.57. The van der Waals surface area contributed by atoms with Gasteiger partial charge in [-0.15, -0.1) is 0 Å². The molecule has 0 bridgehead atoms. The molecule has 0 aliphatic rings. The molecule has 0 fully saturated rings. The van der Waals surface area contributed by atoms with E-state index in [1.807, 2.05) is 24.3 Å². The third-order valence-electron chi connectivity index (χ3n) is 2.50. The van der Waals surface area contributed by atoms with Gasteiger partial charge >= 0.3 is 0 Å². The lowest BCUT2D eigenvalue weighted by Crippen LogP contribution is -1.91. The van der Waals surface area contributed by atoms with E-state index in [1.165, 1.54) is 12.1 Å². The number of halogens is 2. The highest BCUT2D eigenvalue weighted by atomic mass is 127. The summed E-state index contributed by atoms with van der Waals surface area (Å²) < 4.78 is 25.8. The first kappa shape index (κ1) is 14.4. The van der Waals surface area contributed by atoms with Gasteiger partial charge in [0.2, 0.25) is 0 Å². The normalized spacial score (nSPS) is 12.7. The first-order chi connectivity index (χ1) is 9.13. The molecule has 0 aromatic heterocycles. The molecule has 1 unspecified atom stereocenters. The summed E-state index contributed by atoms with van der Waals surface area (Å²) in [6.45, 7) is 0. The maximum Gasteiger partial charge on any atom is 0.123 e. The van der Waals surface area contributed by atoms with Gasteiger partial charge < -0.3 is 0 Å². The molecule has 0 aliphatic carbocycles. The molecule has 0 saturated carbocycles. The highest BCUT2D eigenvalue weighted by Crippen LogP contribution is 2.10. The highest BCUT2D eigenvalue weighted by molar-refractivity contribution is 14.1. The summed E-state index contributed by atoms with van der Waals surface area (Å²) in [5.74, 6) is 0.228. The van der Waals surface area contributed by atoms with E-state index in [9.17, 15) is 8.60 Å². The summed E-state index contributed by atoms with van der Waals surface area (Å²) >= 11 is 2.24. The van der Waals surface area contributed by atoms with Crippen molar-refractivity contribution in [1.29, 1.82) is 0 Å². The predicted molar refractivity (Wildman–Crippen MR) is 86.4 cm³/mol. The summed E-state index contributed by atoms with van der Waals surface area (Å²) in [6, 6.07) is 14.1. The van der Waals surface area contributed by atoms with Crippen LogP contribution in [0.1, 0.15) is 11.1 Å². The van der Waals surface area contributed by atoms with E-state index in [-0.39, 0.29) is 5.82 Å². The lowest BCUT2D eigenvalue weighted by atomic mass is 10.2. The molecule has 2 aromatic rings. The fourth-order valence-electron chi connectivity index (χ4n) is 1.52. The molecule has 0 amide bonds. The lowest BCUT2D eigenvalue weighted by molar-refractivity contribution is 0.628. The van der Waals surface area contributed by atoms with Gasteiger partial charge in [-0.3, -0.25) is 4.21 Å². The average molecular weight is 386 g/mol. The van der Waals surface area contributed by atoms with Crippen molar-refractivity contribution in [3.8, 4) is 0 Å². The molecule has 19 heavy (non-hydrogen) atoms. The molecule has 0 spiro atoms. The second-order valence-electron chi connectivity index (χ2n) is 4.01. The first-order valence-corrected chi connectivity index (χ1v) is 8.15. The number of benzene rings is 2. The van der Waals surface area contributed by atoms with E-state index in [4.69, 9.17) is 0 Å². The van der Waals surface area contributed by atoms with Crippen LogP contribution < -0.4 is 0 Å². The van der Waals surface area contributed by atoms with Crippen LogP contribution in [0, 0.1) is 9.39 Å². The average Bonchev–Trinajstić information content (AvgIpc) is 2.41. The van der Waals surface area contributed by atoms with Crippen LogP contribution in [0.2, 0.25) is 0 Å². The minimum atomic E-state index is -1.06. The largest absolute Gasteiger partial charge is 0.255 e. The van der Waals surface area contributed by atoms with Crippen LogP contribution in [0.5, 0.6) is 0 Å². The van der Waals surface area contributed by atoms with E-state index in [1.54, 1.807) is 23.6 Å². The van der Waals surface area contributed by atoms with Gasteiger partial charge in [0.15, 0.2) is 0 Å². The summed E-state index contributed by atoms with van der Waals surface area (Å²) in [5, 5.41) is 1.64. The fraction of sp³-hybridized carbons (Fsp3) is 0.0667. The minimum absolute atomic E-state index is 0.267. The van der Waals surface area contributed by atoms with Gasteiger partial charge in [0.1, 0.15) is 5.82 Å². The molecule has 1 nitrogen and oxygen atoms in total. The fourth-order valence-corrected chi connectivity index (χ4v) is 2.81. The van der Waals surface area contributed by atoms with E-state index >= 15 is 0 Å². The zero-order valence-corrected chi connectivity index (χ0v) is 13.0. The van der Waals surface area contributed by atoms with Crippen LogP contribution in [0.25, 0.3) is 6.08 Å². The van der Waals surface area contributed by atoms with Crippen molar-refractivity contribution in [2.75, 3.05) is 0 Å². The zero-order chi connectivity index (χ0) is 13.7. The van der Waals surface area contributed by atoms with Gasteiger partial charge in [0.05, 0.1) is 16.6 Å². The predicted octanol–water partition coefficient (Wildman–Crippen LogP) is 4.35. The molecule has 2 aromatic carbocycles. The number of rotatable bonds is 4. The van der Waals surface area contributed by atoms with Crippen LogP contribution in [0.4, 0.5) is 4.39 Å². The van der Waals surface area contributed by atoms with E-state index in [0.717, 1.165) is 14.7 Å². The van der Waals surface area contributed by atoms with Crippen LogP contribution >= 0.6 is 22.6 Å². The van der Waals surface area contributed by atoms with Crippen LogP contribution in [0.3, 0.4) is 0 Å². The Morgan fingerprint density at radius 3 is 2.32 bits per heavy atom. The van der Waals surface area contributed by atoms with Crippen LogP contribution in [-0.4, -0.2) is 4.21 Å². The van der Waals surface area contributed by atoms with Gasteiger partial charge in [-0.05, 0) is 64.1 Å². The van der Waals surface area contributed by atoms with Crippen molar-refractivity contribution in [2.24, 2.45) is 0 Å². The molecule has 4 heteroatoms. The first-order valence-electron chi connectivity index (χ1n) is 5.69. The molecule has 0 radical (unpaired) electrons.